The summed E-state index contributed by atoms with van der Waals surface area (Å²) in [4.78, 5) is 11.8. The molecule has 0 atom stereocenters. The van der Waals surface area contributed by atoms with Crippen molar-refractivity contribution < 1.29 is 9.15 Å². The maximum atomic E-state index is 5.50. The van der Waals surface area contributed by atoms with Crippen molar-refractivity contribution in [3.8, 4) is 5.88 Å². The Bertz CT molecular complexity index is 446. The molecule has 2 rings (SSSR count). The van der Waals surface area contributed by atoms with Gasteiger partial charge in [-0.3, -0.25) is 0 Å². The Morgan fingerprint density at radius 2 is 2.33 bits per heavy atom. The highest BCUT2D eigenvalue weighted by Gasteiger charge is 2.06. The van der Waals surface area contributed by atoms with E-state index in [1.807, 2.05) is 0 Å². The standard InChI is InChI=1S/C8H8N4O2S/c1-13-5-4-6(12-7(9)11-5)15-8-10-2-3-14-8/h2-4H,1H3,(H2,9,11,12). The molecule has 0 fully saturated rings. The van der Waals surface area contributed by atoms with E-state index in [1.165, 1.54) is 25.1 Å². The lowest BCUT2D eigenvalue weighted by atomic mass is 10.6. The Kier molecular flexibility index (Phi) is 2.72. The zero-order valence-corrected chi connectivity index (χ0v) is 8.69. The molecule has 0 saturated carbocycles. The van der Waals surface area contributed by atoms with Crippen LogP contribution in [0, 0.1) is 0 Å². The van der Waals surface area contributed by atoms with E-state index in [2.05, 4.69) is 15.0 Å². The summed E-state index contributed by atoms with van der Waals surface area (Å²) < 4.78 is 10.0. The Hall–Kier alpha value is -1.76. The molecule has 0 bridgehead atoms. The molecular formula is C8H8N4O2S. The highest BCUT2D eigenvalue weighted by molar-refractivity contribution is 7.99. The number of methoxy groups -OCH3 is 1. The molecule has 2 heterocycles. The van der Waals surface area contributed by atoms with E-state index in [0.29, 0.717) is 16.1 Å². The normalized spacial score (nSPS) is 10.2. The third kappa shape index (κ3) is 2.38. The second kappa shape index (κ2) is 4.18. The van der Waals surface area contributed by atoms with Crippen LogP contribution in [0.5, 0.6) is 5.88 Å². The summed E-state index contributed by atoms with van der Waals surface area (Å²) in [6.45, 7) is 0. The van der Waals surface area contributed by atoms with Gasteiger partial charge in [0, 0.05) is 6.07 Å². The van der Waals surface area contributed by atoms with Gasteiger partial charge in [0.2, 0.25) is 11.8 Å². The molecule has 15 heavy (non-hydrogen) atoms. The third-order valence-corrected chi connectivity index (χ3v) is 2.30. The molecule has 0 unspecified atom stereocenters. The maximum absolute atomic E-state index is 5.50. The van der Waals surface area contributed by atoms with Crippen LogP contribution in [0.4, 0.5) is 5.95 Å². The largest absolute Gasteiger partial charge is 0.481 e. The summed E-state index contributed by atoms with van der Waals surface area (Å²) in [5, 5.41) is 1.12. The average molecular weight is 224 g/mol. The maximum Gasteiger partial charge on any atom is 0.261 e. The van der Waals surface area contributed by atoms with Crippen LogP contribution in [0.3, 0.4) is 0 Å². The number of nitrogens with zero attached hydrogens (tertiary/aromatic N) is 3. The van der Waals surface area contributed by atoms with Gasteiger partial charge in [0.25, 0.3) is 5.22 Å². The van der Waals surface area contributed by atoms with Crippen molar-refractivity contribution in [1.29, 1.82) is 0 Å². The van der Waals surface area contributed by atoms with Crippen molar-refractivity contribution >= 4 is 17.7 Å². The number of oxazole rings is 1. The SMILES string of the molecule is COc1cc(Sc2ncco2)nc(N)n1. The van der Waals surface area contributed by atoms with Crippen LogP contribution in [0.15, 0.2) is 33.2 Å². The van der Waals surface area contributed by atoms with Gasteiger partial charge in [-0.1, -0.05) is 0 Å². The molecule has 0 aliphatic rings. The van der Waals surface area contributed by atoms with Gasteiger partial charge in [0.05, 0.1) is 13.3 Å². The molecule has 2 aromatic heterocycles. The van der Waals surface area contributed by atoms with E-state index >= 15 is 0 Å². The summed E-state index contributed by atoms with van der Waals surface area (Å²) in [7, 11) is 1.52. The van der Waals surface area contributed by atoms with Crippen molar-refractivity contribution in [3.63, 3.8) is 0 Å². The topological polar surface area (TPSA) is 87.1 Å². The fraction of sp³-hybridized carbons (Fsp3) is 0.125. The van der Waals surface area contributed by atoms with E-state index < -0.39 is 0 Å². The first-order valence-corrected chi connectivity index (χ1v) is 4.85. The van der Waals surface area contributed by atoms with Gasteiger partial charge in [-0.25, -0.2) is 9.97 Å². The average Bonchev–Trinajstić information content (AvgIpc) is 2.69. The van der Waals surface area contributed by atoms with Crippen LogP contribution in [-0.4, -0.2) is 22.1 Å². The number of aromatic nitrogens is 3. The summed E-state index contributed by atoms with van der Waals surface area (Å²) in [6.07, 6.45) is 3.05. The molecule has 0 aliphatic carbocycles. The van der Waals surface area contributed by atoms with Crippen molar-refractivity contribution in [1.82, 2.24) is 15.0 Å². The molecule has 78 valence electrons. The van der Waals surface area contributed by atoms with Crippen LogP contribution >= 0.6 is 11.8 Å². The van der Waals surface area contributed by atoms with Crippen LogP contribution in [-0.2, 0) is 0 Å². The first kappa shape index (κ1) is 9.78. The lowest BCUT2D eigenvalue weighted by Gasteiger charge is -2.01. The Balaban J connectivity index is 2.24. The lowest BCUT2D eigenvalue weighted by molar-refractivity contribution is 0.395. The molecule has 0 aliphatic heterocycles. The van der Waals surface area contributed by atoms with E-state index in [4.69, 9.17) is 14.9 Å². The number of hydrogen-bond donors (Lipinski definition) is 1. The van der Waals surface area contributed by atoms with Gasteiger partial charge >= 0.3 is 0 Å². The van der Waals surface area contributed by atoms with E-state index in [1.54, 1.807) is 12.3 Å². The number of nitrogen functional groups attached to an aromatic ring is 1. The van der Waals surface area contributed by atoms with Crippen LogP contribution < -0.4 is 10.5 Å². The third-order valence-electron chi connectivity index (χ3n) is 1.51. The predicted octanol–water partition coefficient (Wildman–Crippen LogP) is 1.21. The smallest absolute Gasteiger partial charge is 0.261 e. The summed E-state index contributed by atoms with van der Waals surface area (Å²) in [5.74, 6) is 0.569. The fourth-order valence-electron chi connectivity index (χ4n) is 0.928. The minimum Gasteiger partial charge on any atom is -0.481 e. The van der Waals surface area contributed by atoms with E-state index in [-0.39, 0.29) is 5.95 Å². The van der Waals surface area contributed by atoms with E-state index in [0.717, 1.165) is 0 Å². The fourth-order valence-corrected chi connectivity index (χ4v) is 1.62. The van der Waals surface area contributed by atoms with E-state index in [9.17, 15) is 0 Å². The quantitative estimate of drug-likeness (QED) is 0.784. The van der Waals surface area contributed by atoms with Crippen LogP contribution in [0.1, 0.15) is 0 Å². The Morgan fingerprint density at radius 3 is 3.00 bits per heavy atom. The second-order valence-corrected chi connectivity index (χ2v) is 3.48. The number of anilines is 1. The highest BCUT2D eigenvalue weighted by Crippen LogP contribution is 2.26. The monoisotopic (exact) mass is 224 g/mol. The lowest BCUT2D eigenvalue weighted by Crippen LogP contribution is -1.98. The molecule has 0 amide bonds. The molecule has 2 aromatic rings. The van der Waals surface area contributed by atoms with Crippen LogP contribution in [0.2, 0.25) is 0 Å². The molecule has 0 aromatic carbocycles. The number of rotatable bonds is 3. The van der Waals surface area contributed by atoms with Gasteiger partial charge in [-0.2, -0.15) is 4.98 Å². The minimum atomic E-state index is 0.156. The first-order valence-electron chi connectivity index (χ1n) is 4.04. The van der Waals surface area contributed by atoms with Crippen molar-refractivity contribution in [2.75, 3.05) is 12.8 Å². The summed E-state index contributed by atoms with van der Waals surface area (Å²) >= 11 is 1.25. The molecule has 0 saturated heterocycles. The van der Waals surface area contributed by atoms with Gasteiger partial charge in [0.1, 0.15) is 11.3 Å². The Morgan fingerprint density at radius 1 is 1.47 bits per heavy atom. The van der Waals surface area contributed by atoms with Gasteiger partial charge in [-0.15, -0.1) is 0 Å². The Labute approximate surface area is 89.9 Å². The number of hydrogen-bond acceptors (Lipinski definition) is 7. The summed E-state index contributed by atoms with van der Waals surface area (Å²) in [5.41, 5.74) is 5.50. The molecule has 6 nitrogen and oxygen atoms in total. The zero-order chi connectivity index (χ0) is 10.7. The summed E-state index contributed by atoms with van der Waals surface area (Å²) in [6, 6.07) is 1.66. The molecular weight excluding hydrogens is 216 g/mol. The molecule has 2 N–H and O–H groups in total. The second-order valence-electron chi connectivity index (χ2n) is 2.51. The molecule has 0 radical (unpaired) electrons. The van der Waals surface area contributed by atoms with Crippen LogP contribution in [0.25, 0.3) is 0 Å². The van der Waals surface area contributed by atoms with Crippen molar-refractivity contribution in [2.24, 2.45) is 0 Å². The highest BCUT2D eigenvalue weighted by atomic mass is 32.2. The molecule has 7 heteroatoms. The number of ether oxygens (including phenoxy) is 1. The van der Waals surface area contributed by atoms with Crippen molar-refractivity contribution in [2.45, 2.75) is 10.2 Å². The first-order chi connectivity index (χ1) is 7.28. The zero-order valence-electron chi connectivity index (χ0n) is 7.88. The van der Waals surface area contributed by atoms with Gasteiger partial charge in [-0.05, 0) is 11.8 Å². The predicted molar refractivity (Wildman–Crippen MR) is 53.6 cm³/mol. The van der Waals surface area contributed by atoms with Gasteiger partial charge in [0.15, 0.2) is 0 Å². The van der Waals surface area contributed by atoms with Gasteiger partial charge < -0.3 is 14.9 Å². The number of nitrogens with two attached hydrogens (primary N) is 1. The van der Waals surface area contributed by atoms with Crippen molar-refractivity contribution in [3.05, 3.63) is 18.5 Å². The minimum absolute atomic E-state index is 0.156. The molecule has 0 spiro atoms.